The van der Waals surface area contributed by atoms with Gasteiger partial charge in [0.2, 0.25) is 0 Å². The van der Waals surface area contributed by atoms with E-state index in [4.69, 9.17) is 20.8 Å². The summed E-state index contributed by atoms with van der Waals surface area (Å²) in [4.78, 5) is 27.3. The van der Waals surface area contributed by atoms with Crippen molar-refractivity contribution in [2.24, 2.45) is 5.92 Å². The van der Waals surface area contributed by atoms with Crippen LogP contribution < -0.4 is 10.1 Å². The predicted octanol–water partition coefficient (Wildman–Crippen LogP) is 4.91. The van der Waals surface area contributed by atoms with Gasteiger partial charge >= 0.3 is 0 Å². The topological polar surface area (TPSA) is 71.8 Å². The monoisotopic (exact) mass is 454 g/mol. The van der Waals surface area contributed by atoms with Gasteiger partial charge in [0.25, 0.3) is 11.8 Å². The summed E-state index contributed by atoms with van der Waals surface area (Å²) < 4.78 is 11.6. The highest BCUT2D eigenvalue weighted by atomic mass is 35.5. The highest BCUT2D eigenvalue weighted by Gasteiger charge is 2.31. The minimum atomic E-state index is -1.01. The fourth-order valence-corrected chi connectivity index (χ4v) is 4.00. The van der Waals surface area contributed by atoms with Crippen LogP contribution in [0.25, 0.3) is 11.0 Å². The van der Waals surface area contributed by atoms with Crippen molar-refractivity contribution in [2.75, 3.05) is 19.6 Å². The Bertz CT molecular complexity index is 1070. The van der Waals surface area contributed by atoms with Gasteiger partial charge in [-0.25, -0.2) is 0 Å². The molecule has 2 heterocycles. The molecule has 0 saturated carbocycles. The Balaban J connectivity index is 1.25. The molecule has 1 fully saturated rings. The molecular weight excluding hydrogens is 428 g/mol. The first kappa shape index (κ1) is 22.2. The molecule has 168 valence electrons. The fourth-order valence-electron chi connectivity index (χ4n) is 3.88. The minimum Gasteiger partial charge on any atom is -0.478 e. The van der Waals surface area contributed by atoms with E-state index < -0.39 is 5.60 Å². The van der Waals surface area contributed by atoms with Crippen LogP contribution in [0.1, 0.15) is 37.2 Å². The lowest BCUT2D eigenvalue weighted by atomic mass is 9.96. The number of benzene rings is 2. The molecule has 32 heavy (non-hydrogen) atoms. The molecule has 1 aliphatic heterocycles. The van der Waals surface area contributed by atoms with Gasteiger partial charge in [-0.05, 0) is 69.0 Å². The third-order valence-corrected chi connectivity index (χ3v) is 6.07. The Hall–Kier alpha value is -2.99. The van der Waals surface area contributed by atoms with E-state index in [-0.39, 0.29) is 11.8 Å². The molecule has 7 heteroatoms. The van der Waals surface area contributed by atoms with Crippen molar-refractivity contribution in [3.8, 4) is 5.75 Å². The van der Waals surface area contributed by atoms with Gasteiger partial charge in [0, 0.05) is 30.0 Å². The second-order valence-corrected chi connectivity index (χ2v) is 9.10. The van der Waals surface area contributed by atoms with Crippen LogP contribution in [0.4, 0.5) is 0 Å². The van der Waals surface area contributed by atoms with Gasteiger partial charge in [-0.2, -0.15) is 0 Å². The molecule has 0 radical (unpaired) electrons. The van der Waals surface area contributed by atoms with Crippen LogP contribution in [0.3, 0.4) is 0 Å². The van der Waals surface area contributed by atoms with E-state index in [1.807, 2.05) is 29.2 Å². The van der Waals surface area contributed by atoms with Crippen molar-refractivity contribution in [1.29, 1.82) is 0 Å². The van der Waals surface area contributed by atoms with Crippen molar-refractivity contribution in [1.82, 2.24) is 10.2 Å². The first-order valence-electron chi connectivity index (χ1n) is 10.8. The number of carbonyl (C=O) groups excluding carboxylic acids is 2. The molecule has 1 aromatic heterocycles. The third-order valence-electron chi connectivity index (χ3n) is 5.82. The summed E-state index contributed by atoms with van der Waals surface area (Å²) in [5.74, 6) is 1.02. The first-order valence-corrected chi connectivity index (χ1v) is 11.2. The van der Waals surface area contributed by atoms with Gasteiger partial charge in [-0.1, -0.05) is 29.8 Å². The van der Waals surface area contributed by atoms with E-state index in [9.17, 15) is 9.59 Å². The van der Waals surface area contributed by atoms with Crippen molar-refractivity contribution >= 4 is 34.4 Å². The third kappa shape index (κ3) is 5.07. The van der Waals surface area contributed by atoms with Crippen LogP contribution >= 0.6 is 11.6 Å². The summed E-state index contributed by atoms with van der Waals surface area (Å²) in [5, 5.41) is 4.55. The maximum Gasteiger partial charge on any atom is 0.289 e. The lowest BCUT2D eigenvalue weighted by molar-refractivity contribution is -0.134. The molecule has 6 nitrogen and oxygen atoms in total. The number of halogens is 1. The van der Waals surface area contributed by atoms with Gasteiger partial charge in [0.1, 0.15) is 11.3 Å². The molecule has 0 aliphatic carbocycles. The van der Waals surface area contributed by atoms with E-state index in [1.165, 1.54) is 0 Å². The summed E-state index contributed by atoms with van der Waals surface area (Å²) in [6, 6.07) is 16.3. The summed E-state index contributed by atoms with van der Waals surface area (Å²) in [7, 11) is 0. The molecule has 2 aromatic carbocycles. The number of furan rings is 1. The van der Waals surface area contributed by atoms with Gasteiger partial charge in [0.15, 0.2) is 11.4 Å². The Morgan fingerprint density at radius 3 is 2.50 bits per heavy atom. The van der Waals surface area contributed by atoms with Crippen LogP contribution in [0.15, 0.2) is 59.0 Å². The van der Waals surface area contributed by atoms with Crippen molar-refractivity contribution in [2.45, 2.75) is 32.3 Å². The number of fused-ring (bicyclic) bond motifs is 1. The molecule has 1 saturated heterocycles. The number of ether oxygens (including phenoxy) is 1. The van der Waals surface area contributed by atoms with E-state index in [2.05, 4.69) is 5.32 Å². The van der Waals surface area contributed by atoms with Crippen LogP contribution in [0, 0.1) is 5.92 Å². The number of nitrogens with zero attached hydrogens (tertiary/aromatic N) is 1. The molecule has 0 bridgehead atoms. The molecule has 2 amide bonds. The highest BCUT2D eigenvalue weighted by Crippen LogP contribution is 2.24. The SMILES string of the molecule is CC(C)(Oc1ccc(Cl)cc1)C(=O)NCC1CCN(C(=O)c2cc3ccccc3o2)CC1. The number of hydrogen-bond donors (Lipinski definition) is 1. The molecule has 4 rings (SSSR count). The largest absolute Gasteiger partial charge is 0.478 e. The molecule has 0 unspecified atom stereocenters. The maximum absolute atomic E-state index is 12.8. The quantitative estimate of drug-likeness (QED) is 0.574. The molecule has 1 aliphatic rings. The second-order valence-electron chi connectivity index (χ2n) is 8.66. The standard InChI is InChI=1S/C25H27ClN2O4/c1-25(2,32-20-9-7-19(26)8-10-20)24(30)27-16-17-11-13-28(14-12-17)23(29)22-15-18-5-3-4-6-21(18)31-22/h3-10,15,17H,11-14,16H2,1-2H3,(H,27,30). The Labute approximate surface area is 192 Å². The van der Waals surface area contributed by atoms with Crippen molar-refractivity contribution < 1.29 is 18.7 Å². The minimum absolute atomic E-state index is 0.0822. The van der Waals surface area contributed by atoms with Gasteiger partial charge in [-0.15, -0.1) is 0 Å². The lowest BCUT2D eigenvalue weighted by Gasteiger charge is -2.32. The number of rotatable bonds is 6. The van der Waals surface area contributed by atoms with Gasteiger partial charge in [0.05, 0.1) is 0 Å². The Morgan fingerprint density at radius 2 is 1.81 bits per heavy atom. The van der Waals surface area contributed by atoms with E-state index in [0.717, 1.165) is 23.8 Å². The number of carbonyl (C=O) groups is 2. The van der Waals surface area contributed by atoms with E-state index in [1.54, 1.807) is 44.2 Å². The van der Waals surface area contributed by atoms with Gasteiger partial charge < -0.3 is 19.4 Å². The average molecular weight is 455 g/mol. The zero-order valence-electron chi connectivity index (χ0n) is 18.3. The molecule has 0 spiro atoms. The van der Waals surface area contributed by atoms with Crippen molar-refractivity contribution in [3.05, 3.63) is 65.4 Å². The summed E-state index contributed by atoms with van der Waals surface area (Å²) in [6.07, 6.45) is 1.65. The Morgan fingerprint density at radius 1 is 1.12 bits per heavy atom. The zero-order chi connectivity index (χ0) is 22.7. The van der Waals surface area contributed by atoms with Crippen LogP contribution in [0.2, 0.25) is 5.02 Å². The number of amides is 2. The van der Waals surface area contributed by atoms with Crippen molar-refractivity contribution in [3.63, 3.8) is 0 Å². The van der Waals surface area contributed by atoms with Gasteiger partial charge in [-0.3, -0.25) is 9.59 Å². The summed E-state index contributed by atoms with van der Waals surface area (Å²) in [6.45, 7) is 5.32. The normalized spacial score (nSPS) is 15.0. The number of hydrogen-bond acceptors (Lipinski definition) is 4. The summed E-state index contributed by atoms with van der Waals surface area (Å²) in [5.41, 5.74) is -0.289. The van der Waals surface area contributed by atoms with Crippen LogP contribution in [-0.4, -0.2) is 41.9 Å². The smallest absolute Gasteiger partial charge is 0.289 e. The highest BCUT2D eigenvalue weighted by molar-refractivity contribution is 6.30. The zero-order valence-corrected chi connectivity index (χ0v) is 19.0. The van der Waals surface area contributed by atoms with Crippen LogP contribution in [0.5, 0.6) is 5.75 Å². The molecule has 1 N–H and O–H groups in total. The fraction of sp³-hybridized carbons (Fsp3) is 0.360. The predicted molar refractivity (Wildman–Crippen MR) is 124 cm³/mol. The first-order chi connectivity index (χ1) is 15.3. The molecule has 3 aromatic rings. The van der Waals surface area contributed by atoms with Crippen LogP contribution in [-0.2, 0) is 4.79 Å². The second kappa shape index (κ2) is 9.25. The molecular formula is C25H27ClN2O4. The number of para-hydroxylation sites is 1. The van der Waals surface area contributed by atoms with E-state index >= 15 is 0 Å². The number of piperidine rings is 1. The number of likely N-dealkylation sites (tertiary alicyclic amines) is 1. The lowest BCUT2D eigenvalue weighted by Crippen LogP contribution is -2.49. The van der Waals surface area contributed by atoms with E-state index in [0.29, 0.717) is 42.1 Å². The maximum atomic E-state index is 12.8. The molecule has 0 atom stereocenters. The number of nitrogens with one attached hydrogen (secondary N) is 1. The average Bonchev–Trinajstić information content (AvgIpc) is 3.23. The summed E-state index contributed by atoms with van der Waals surface area (Å²) >= 11 is 5.90. The Kier molecular flexibility index (Phi) is 6.42.